The van der Waals surface area contributed by atoms with Crippen molar-refractivity contribution in [2.45, 2.75) is 25.5 Å². The second-order valence-electron chi connectivity index (χ2n) is 6.50. The van der Waals surface area contributed by atoms with E-state index in [1.165, 1.54) is 30.2 Å². The molecule has 9 heteroatoms. The van der Waals surface area contributed by atoms with Crippen molar-refractivity contribution in [2.24, 2.45) is 0 Å². The van der Waals surface area contributed by atoms with Gasteiger partial charge in [0.25, 0.3) is 0 Å². The molecule has 0 aliphatic rings. The number of ether oxygens (including phenoxy) is 1. The maximum absolute atomic E-state index is 12.5. The number of benzene rings is 1. The lowest BCUT2D eigenvalue weighted by Crippen LogP contribution is -2.16. The van der Waals surface area contributed by atoms with Crippen LogP contribution in [0.3, 0.4) is 0 Å². The fraction of sp³-hybridized carbons (Fsp3) is 0.238. The Kier molecular flexibility index (Phi) is 7.07. The predicted octanol–water partition coefficient (Wildman–Crippen LogP) is 4.33. The number of esters is 1. The van der Waals surface area contributed by atoms with Gasteiger partial charge in [-0.05, 0) is 19.9 Å². The molecule has 0 saturated carbocycles. The number of nitrogens with zero attached hydrogens (tertiary/aromatic N) is 3. The molecule has 2 heterocycles. The first-order chi connectivity index (χ1) is 14.4. The molecule has 0 fully saturated rings. The first-order valence-corrected chi connectivity index (χ1v) is 11.0. The van der Waals surface area contributed by atoms with Crippen LogP contribution in [0.25, 0.3) is 11.4 Å². The van der Waals surface area contributed by atoms with Crippen molar-refractivity contribution in [1.29, 1.82) is 0 Å². The maximum Gasteiger partial charge on any atom is 0.340 e. The van der Waals surface area contributed by atoms with Gasteiger partial charge in [0.1, 0.15) is 5.00 Å². The van der Waals surface area contributed by atoms with Crippen molar-refractivity contribution in [1.82, 2.24) is 14.8 Å². The van der Waals surface area contributed by atoms with Crippen molar-refractivity contribution < 1.29 is 14.3 Å². The summed E-state index contributed by atoms with van der Waals surface area (Å²) in [6.45, 7) is 8.22. The number of allylic oxidation sites excluding steroid dienone is 1. The van der Waals surface area contributed by atoms with Crippen LogP contribution in [0.2, 0.25) is 0 Å². The molecule has 0 aliphatic carbocycles. The van der Waals surface area contributed by atoms with Crippen molar-refractivity contribution in [3.05, 3.63) is 59.0 Å². The van der Waals surface area contributed by atoms with Crippen LogP contribution in [0.5, 0.6) is 0 Å². The Bertz CT molecular complexity index is 1070. The molecule has 0 saturated heterocycles. The number of anilines is 1. The average molecular weight is 443 g/mol. The number of carbonyl (C=O) groups is 2. The summed E-state index contributed by atoms with van der Waals surface area (Å²) in [4.78, 5) is 25.3. The van der Waals surface area contributed by atoms with Gasteiger partial charge in [-0.1, -0.05) is 47.7 Å². The van der Waals surface area contributed by atoms with Crippen LogP contribution in [-0.2, 0) is 16.1 Å². The highest BCUT2D eigenvalue weighted by atomic mass is 32.2. The number of carbonyl (C=O) groups excluding carboxylic acids is 2. The highest BCUT2D eigenvalue weighted by Gasteiger charge is 2.19. The Labute approximate surface area is 183 Å². The molecular formula is C21H22N4O3S2. The van der Waals surface area contributed by atoms with Crippen molar-refractivity contribution in [3.63, 3.8) is 0 Å². The first-order valence-electron chi connectivity index (χ1n) is 9.15. The summed E-state index contributed by atoms with van der Waals surface area (Å²) >= 11 is 2.61. The molecule has 1 amide bonds. The lowest BCUT2D eigenvalue weighted by Gasteiger charge is -2.08. The number of methoxy groups -OCH3 is 1. The third-order valence-corrected chi connectivity index (χ3v) is 6.12. The Balaban J connectivity index is 1.73. The van der Waals surface area contributed by atoms with Crippen LogP contribution in [0.4, 0.5) is 5.00 Å². The Morgan fingerprint density at radius 2 is 2.00 bits per heavy atom. The molecule has 1 N–H and O–H groups in total. The quantitative estimate of drug-likeness (QED) is 0.318. The Morgan fingerprint density at radius 1 is 1.27 bits per heavy atom. The average Bonchev–Trinajstić information content (AvgIpc) is 3.30. The van der Waals surface area contributed by atoms with Crippen molar-refractivity contribution >= 4 is 40.0 Å². The molecule has 156 valence electrons. The zero-order chi connectivity index (χ0) is 21.7. The second kappa shape index (κ2) is 9.73. The van der Waals surface area contributed by atoms with E-state index in [-0.39, 0.29) is 11.7 Å². The third-order valence-electron chi connectivity index (χ3n) is 4.18. The van der Waals surface area contributed by atoms with Crippen LogP contribution in [0, 0.1) is 13.8 Å². The molecule has 7 nitrogen and oxygen atoms in total. The largest absolute Gasteiger partial charge is 0.465 e. The number of hydrogen-bond acceptors (Lipinski definition) is 7. The van der Waals surface area contributed by atoms with Gasteiger partial charge in [-0.2, -0.15) is 0 Å². The monoisotopic (exact) mass is 442 g/mol. The molecule has 0 unspecified atom stereocenters. The van der Waals surface area contributed by atoms with E-state index in [1.807, 2.05) is 42.7 Å². The zero-order valence-electron chi connectivity index (χ0n) is 17.0. The number of thiophene rings is 1. The van der Waals surface area contributed by atoms with Gasteiger partial charge < -0.3 is 10.1 Å². The molecule has 0 bridgehead atoms. The molecule has 3 rings (SSSR count). The van der Waals surface area contributed by atoms with E-state index in [9.17, 15) is 9.59 Å². The lowest BCUT2D eigenvalue weighted by atomic mass is 10.1. The van der Waals surface area contributed by atoms with Gasteiger partial charge in [-0.3, -0.25) is 9.36 Å². The Morgan fingerprint density at radius 3 is 2.67 bits per heavy atom. The van der Waals surface area contributed by atoms with Crippen LogP contribution in [-0.4, -0.2) is 39.5 Å². The summed E-state index contributed by atoms with van der Waals surface area (Å²) in [5.41, 5.74) is 2.47. The summed E-state index contributed by atoms with van der Waals surface area (Å²) in [7, 11) is 1.31. The second-order valence-corrected chi connectivity index (χ2v) is 8.70. The van der Waals surface area contributed by atoms with Crippen LogP contribution >= 0.6 is 23.1 Å². The Hall–Kier alpha value is -2.91. The van der Waals surface area contributed by atoms with Gasteiger partial charge in [0.15, 0.2) is 11.0 Å². The molecular weight excluding hydrogens is 420 g/mol. The van der Waals surface area contributed by atoms with Gasteiger partial charge in [-0.15, -0.1) is 28.1 Å². The number of aromatic nitrogens is 3. The summed E-state index contributed by atoms with van der Waals surface area (Å²) in [5.74, 6) is 0.133. The summed E-state index contributed by atoms with van der Waals surface area (Å²) in [6.07, 6.45) is 1.77. The molecule has 2 aromatic heterocycles. The molecule has 30 heavy (non-hydrogen) atoms. The topological polar surface area (TPSA) is 86.1 Å². The number of aryl methyl sites for hydroxylation is 2. The van der Waals surface area contributed by atoms with Crippen molar-refractivity contribution in [3.8, 4) is 11.4 Å². The minimum atomic E-state index is -0.476. The predicted molar refractivity (Wildman–Crippen MR) is 120 cm³/mol. The molecule has 1 aromatic carbocycles. The maximum atomic E-state index is 12.5. The number of hydrogen-bond donors (Lipinski definition) is 1. The van der Waals surface area contributed by atoms with E-state index >= 15 is 0 Å². The minimum absolute atomic E-state index is 0.126. The van der Waals surface area contributed by atoms with Crippen molar-refractivity contribution in [2.75, 3.05) is 18.2 Å². The standard InChI is InChI=1S/C21H22N4O3S2/c1-5-10-25-18(15-8-6-13(2)7-9-15)23-24-21(25)29-12-17(26)22-19-16(20(27)28-4)11-14(3)30-19/h5-9,11H,1,10,12H2,2-4H3,(H,22,26). The van der Waals surface area contributed by atoms with Gasteiger partial charge >= 0.3 is 5.97 Å². The van der Waals surface area contributed by atoms with Crippen LogP contribution in [0.15, 0.2) is 48.1 Å². The third kappa shape index (κ3) is 4.98. The zero-order valence-corrected chi connectivity index (χ0v) is 18.6. The summed E-state index contributed by atoms with van der Waals surface area (Å²) < 4.78 is 6.70. The smallest absolute Gasteiger partial charge is 0.340 e. The molecule has 0 aliphatic heterocycles. The van der Waals surface area contributed by atoms with Crippen LogP contribution in [0.1, 0.15) is 20.8 Å². The number of thioether (sulfide) groups is 1. The fourth-order valence-electron chi connectivity index (χ4n) is 2.77. The first kappa shape index (κ1) is 21.8. The van der Waals surface area contributed by atoms with E-state index in [2.05, 4.69) is 22.1 Å². The van der Waals surface area contributed by atoms with E-state index < -0.39 is 5.97 Å². The fourth-order valence-corrected chi connectivity index (χ4v) is 4.43. The molecule has 0 radical (unpaired) electrons. The SMILES string of the molecule is C=CCn1c(SCC(=O)Nc2sc(C)cc2C(=O)OC)nnc1-c1ccc(C)cc1. The van der Waals surface area contributed by atoms with E-state index in [1.54, 1.807) is 12.1 Å². The number of amides is 1. The number of nitrogens with one attached hydrogen (secondary N) is 1. The van der Waals surface area contributed by atoms with Gasteiger partial charge in [0, 0.05) is 17.0 Å². The summed E-state index contributed by atoms with van der Waals surface area (Å²) in [5, 5.41) is 12.5. The minimum Gasteiger partial charge on any atom is -0.465 e. The van der Waals surface area contributed by atoms with Gasteiger partial charge in [0.2, 0.25) is 5.91 Å². The van der Waals surface area contributed by atoms with Gasteiger partial charge in [-0.25, -0.2) is 4.79 Å². The van der Waals surface area contributed by atoms with E-state index in [4.69, 9.17) is 4.74 Å². The lowest BCUT2D eigenvalue weighted by molar-refractivity contribution is -0.113. The molecule has 3 aromatic rings. The van der Waals surface area contributed by atoms with Crippen LogP contribution < -0.4 is 5.32 Å². The normalized spacial score (nSPS) is 10.6. The van der Waals surface area contributed by atoms with E-state index in [0.29, 0.717) is 22.3 Å². The highest BCUT2D eigenvalue weighted by Crippen LogP contribution is 2.29. The summed E-state index contributed by atoms with van der Waals surface area (Å²) in [6, 6.07) is 9.73. The molecule has 0 atom stereocenters. The van der Waals surface area contributed by atoms with E-state index in [0.717, 1.165) is 21.8 Å². The highest BCUT2D eigenvalue weighted by molar-refractivity contribution is 7.99. The number of rotatable bonds is 8. The molecule has 0 spiro atoms. The van der Waals surface area contributed by atoms with Gasteiger partial charge in [0.05, 0.1) is 18.4 Å².